The number of amides is 2. The van der Waals surface area contributed by atoms with Crippen LogP contribution in [0.1, 0.15) is 67.5 Å². The molecule has 2 fully saturated rings. The van der Waals surface area contributed by atoms with Crippen LogP contribution in [-0.4, -0.2) is 40.8 Å². The van der Waals surface area contributed by atoms with Gasteiger partial charge in [-0.15, -0.1) is 11.3 Å². The van der Waals surface area contributed by atoms with Gasteiger partial charge in [0.05, 0.1) is 16.7 Å². The molecule has 0 radical (unpaired) electrons. The predicted octanol–water partition coefficient (Wildman–Crippen LogP) is 6.67. The molecule has 6 rings (SSSR count). The summed E-state index contributed by atoms with van der Waals surface area (Å²) in [5, 5.41) is 7.62. The van der Waals surface area contributed by atoms with Crippen LogP contribution < -0.4 is 10.6 Å². The molecule has 6 nitrogen and oxygen atoms in total. The maximum Gasteiger partial charge on any atom is 0.416 e. The molecule has 1 aliphatic heterocycles. The smallest absolute Gasteiger partial charge is 0.351 e. The Morgan fingerprint density at radius 1 is 1.16 bits per heavy atom. The first-order valence-electron chi connectivity index (χ1n) is 14.8. The number of carbonyl (C=O) groups excluding carboxylic acids is 2. The number of hydrogen-bond acceptors (Lipinski definition) is 5. The highest BCUT2D eigenvalue weighted by Gasteiger charge is 2.52. The van der Waals surface area contributed by atoms with E-state index in [4.69, 9.17) is 0 Å². The number of alkyl halides is 3. The Balaban J connectivity index is 1.22. The van der Waals surface area contributed by atoms with Crippen LogP contribution in [-0.2, 0) is 33.1 Å². The predicted molar refractivity (Wildman–Crippen MR) is 161 cm³/mol. The van der Waals surface area contributed by atoms with Gasteiger partial charge in [-0.1, -0.05) is 43.3 Å². The summed E-state index contributed by atoms with van der Waals surface area (Å²) in [5.74, 6) is -1.32. The summed E-state index contributed by atoms with van der Waals surface area (Å²) in [6, 6.07) is 10.9. The van der Waals surface area contributed by atoms with Crippen LogP contribution in [0.3, 0.4) is 0 Å². The monoisotopic (exact) mass is 626 g/mol. The summed E-state index contributed by atoms with van der Waals surface area (Å²) in [6.45, 7) is 5.12. The lowest BCUT2D eigenvalue weighted by Crippen LogP contribution is -2.51. The lowest BCUT2D eigenvalue weighted by Gasteiger charge is -2.46. The molecule has 2 N–H and O–H groups in total. The van der Waals surface area contributed by atoms with Crippen molar-refractivity contribution in [3.63, 3.8) is 0 Å². The molecule has 3 aliphatic rings. The Morgan fingerprint density at radius 3 is 2.70 bits per heavy atom. The lowest BCUT2D eigenvalue weighted by molar-refractivity contribution is -0.137. The molecule has 44 heavy (non-hydrogen) atoms. The molecule has 1 aromatic heterocycles. The first kappa shape index (κ1) is 30.5. The van der Waals surface area contributed by atoms with E-state index in [0.717, 1.165) is 38.1 Å². The van der Waals surface area contributed by atoms with Crippen molar-refractivity contribution in [1.82, 2.24) is 15.2 Å². The van der Waals surface area contributed by atoms with Gasteiger partial charge in [0.1, 0.15) is 5.82 Å². The van der Waals surface area contributed by atoms with Crippen LogP contribution in [0.4, 0.5) is 22.7 Å². The van der Waals surface area contributed by atoms with E-state index in [2.05, 4.69) is 63.9 Å². The maximum absolute atomic E-state index is 14.0. The second-order valence-electron chi connectivity index (χ2n) is 12.3. The normalized spacial score (nSPS) is 26.6. The van der Waals surface area contributed by atoms with Gasteiger partial charge in [-0.3, -0.25) is 14.5 Å². The number of carbonyl (C=O) groups is 2. The number of halogens is 4. The summed E-state index contributed by atoms with van der Waals surface area (Å²) in [6.07, 6.45) is 2.53. The highest BCUT2D eigenvalue weighted by molar-refractivity contribution is 7.14. The summed E-state index contributed by atoms with van der Waals surface area (Å²) in [5.41, 5.74) is 1.02. The van der Waals surface area contributed by atoms with Gasteiger partial charge in [-0.05, 0) is 73.0 Å². The van der Waals surface area contributed by atoms with E-state index in [1.165, 1.54) is 29.4 Å². The van der Waals surface area contributed by atoms with E-state index in [9.17, 15) is 27.2 Å². The van der Waals surface area contributed by atoms with Crippen molar-refractivity contribution >= 4 is 34.4 Å². The van der Waals surface area contributed by atoms with Gasteiger partial charge >= 0.3 is 6.18 Å². The van der Waals surface area contributed by atoms with E-state index in [1.807, 2.05) is 0 Å². The molecule has 1 saturated heterocycles. The van der Waals surface area contributed by atoms with Crippen molar-refractivity contribution < 1.29 is 27.2 Å². The fourth-order valence-corrected chi connectivity index (χ4v) is 8.27. The Labute approximate surface area is 257 Å². The number of piperidine rings is 1. The molecular formula is C33H34F4N4O2S. The van der Waals surface area contributed by atoms with Crippen LogP contribution in [0.25, 0.3) is 6.08 Å². The van der Waals surface area contributed by atoms with Crippen LogP contribution in [0, 0.1) is 11.7 Å². The van der Waals surface area contributed by atoms with E-state index in [1.54, 1.807) is 5.38 Å². The molecule has 2 heterocycles. The fraction of sp³-hybridized carbons (Fsp3) is 0.424. The molecule has 1 saturated carbocycles. The summed E-state index contributed by atoms with van der Waals surface area (Å²) >= 11 is 1.23. The van der Waals surface area contributed by atoms with Crippen molar-refractivity contribution in [2.24, 2.45) is 5.92 Å². The lowest BCUT2D eigenvalue weighted by atomic mass is 9.67. The molecule has 232 valence electrons. The highest BCUT2D eigenvalue weighted by atomic mass is 32.1. The van der Waals surface area contributed by atoms with Gasteiger partial charge in [0.15, 0.2) is 5.13 Å². The minimum atomic E-state index is -4.71. The zero-order chi connectivity index (χ0) is 31.3. The molecular weight excluding hydrogens is 592 g/mol. The molecule has 4 atom stereocenters. The molecule has 1 spiro atoms. The number of allylic oxidation sites excluding steroid dienone is 1. The molecule has 3 aromatic rings. The zero-order valence-electron chi connectivity index (χ0n) is 24.5. The number of nitrogens with zero attached hydrogens (tertiary/aromatic N) is 2. The number of rotatable bonds is 6. The third-order valence-electron chi connectivity index (χ3n) is 9.68. The average molecular weight is 627 g/mol. The van der Waals surface area contributed by atoms with Gasteiger partial charge in [0.25, 0.3) is 0 Å². The third-order valence-corrected chi connectivity index (χ3v) is 10.4. The van der Waals surface area contributed by atoms with Crippen LogP contribution >= 0.6 is 11.3 Å². The number of aromatic nitrogens is 1. The largest absolute Gasteiger partial charge is 0.416 e. The topological polar surface area (TPSA) is 74.3 Å². The number of hydrogen-bond donors (Lipinski definition) is 2. The minimum Gasteiger partial charge on any atom is -0.351 e. The number of likely N-dealkylation sites (tertiary alicyclic amines) is 1. The summed E-state index contributed by atoms with van der Waals surface area (Å²) in [4.78, 5) is 32.7. The van der Waals surface area contributed by atoms with Crippen molar-refractivity contribution in [2.45, 2.75) is 69.1 Å². The number of anilines is 1. The van der Waals surface area contributed by atoms with Crippen molar-refractivity contribution in [1.29, 1.82) is 0 Å². The third kappa shape index (κ3) is 5.56. The van der Waals surface area contributed by atoms with Crippen LogP contribution in [0.15, 0.2) is 53.9 Å². The zero-order valence-corrected chi connectivity index (χ0v) is 25.3. The van der Waals surface area contributed by atoms with Gasteiger partial charge < -0.3 is 10.6 Å². The van der Waals surface area contributed by atoms with E-state index in [-0.39, 0.29) is 35.4 Å². The van der Waals surface area contributed by atoms with E-state index >= 15 is 0 Å². The van der Waals surface area contributed by atoms with Crippen molar-refractivity contribution in [3.05, 3.63) is 87.7 Å². The molecule has 2 amide bonds. The molecule has 2 aromatic carbocycles. The minimum absolute atomic E-state index is 0.0113. The maximum atomic E-state index is 14.0. The SMILES string of the molecule is CC(=O)Nc1nc(C2(C(=O)NCc3cc(F)cc(C(F)(F)F)c3)CCC(N3CCC4(C=Cc5ccccc54)C(C)C3)C2)cs1. The van der Waals surface area contributed by atoms with Gasteiger partial charge in [-0.25, -0.2) is 9.37 Å². The van der Waals surface area contributed by atoms with Gasteiger partial charge in [-0.2, -0.15) is 13.2 Å². The Kier molecular flexibility index (Phi) is 7.90. The number of fused-ring (bicyclic) bond motifs is 2. The van der Waals surface area contributed by atoms with Crippen molar-refractivity contribution in [2.75, 3.05) is 18.4 Å². The Hall–Kier alpha value is -3.57. The standard InChI is InChI=1S/C33H34F4N4O2S/c1-20-18-41(12-11-31(20)9-7-23-5-3-4-6-27(23)31)26-8-10-32(16-26,28-19-44-30(40-28)39-21(2)42)29(43)38-17-22-13-24(33(35,36)37)15-25(34)14-22/h3-7,9,13-15,19-20,26H,8,10-12,16-18H2,1-2H3,(H,38,43)(H,39,40,42). The number of benzene rings is 2. The highest BCUT2D eigenvalue weighted by Crippen LogP contribution is 2.50. The van der Waals surface area contributed by atoms with Crippen LogP contribution in [0.5, 0.6) is 0 Å². The van der Waals surface area contributed by atoms with E-state index in [0.29, 0.717) is 35.7 Å². The summed E-state index contributed by atoms with van der Waals surface area (Å²) < 4.78 is 53.9. The van der Waals surface area contributed by atoms with E-state index < -0.39 is 23.0 Å². The molecule has 0 bridgehead atoms. The fourth-order valence-electron chi connectivity index (χ4n) is 7.41. The van der Waals surface area contributed by atoms with Crippen molar-refractivity contribution in [3.8, 4) is 0 Å². The molecule has 2 aliphatic carbocycles. The summed E-state index contributed by atoms with van der Waals surface area (Å²) in [7, 11) is 0. The molecule has 11 heteroatoms. The Bertz CT molecular complexity index is 1620. The number of nitrogens with one attached hydrogen (secondary N) is 2. The first-order chi connectivity index (χ1) is 20.9. The Morgan fingerprint density at radius 2 is 1.95 bits per heavy atom. The van der Waals surface area contributed by atoms with Gasteiger partial charge in [0, 0.05) is 36.9 Å². The second kappa shape index (κ2) is 11.4. The van der Waals surface area contributed by atoms with Gasteiger partial charge in [0.2, 0.25) is 11.8 Å². The molecule has 4 unspecified atom stereocenters. The van der Waals surface area contributed by atoms with Crippen LogP contribution in [0.2, 0.25) is 0 Å². The average Bonchev–Trinajstić information content (AvgIpc) is 3.71. The quantitative estimate of drug-likeness (QED) is 0.300. The second-order valence-corrected chi connectivity index (χ2v) is 13.2. The first-order valence-corrected chi connectivity index (χ1v) is 15.7. The number of thiazole rings is 1.